The fourth-order valence-electron chi connectivity index (χ4n) is 3.82. The Kier molecular flexibility index (Phi) is 7.61. The molecule has 1 N–H and O–H groups in total. The summed E-state index contributed by atoms with van der Waals surface area (Å²) in [5, 5.41) is 14.1. The van der Waals surface area contributed by atoms with Crippen LogP contribution in [-0.4, -0.2) is 53.9 Å². The first-order valence-corrected chi connectivity index (χ1v) is 10.8. The second-order valence-corrected chi connectivity index (χ2v) is 8.47. The number of hydrogen-bond acceptors (Lipinski definition) is 5. The third-order valence-electron chi connectivity index (χ3n) is 5.76. The van der Waals surface area contributed by atoms with Gasteiger partial charge in [-0.2, -0.15) is 13.2 Å². The molecule has 1 saturated heterocycles. The van der Waals surface area contributed by atoms with Crippen LogP contribution in [0, 0.1) is 21.8 Å². The molecule has 2 aromatic rings. The van der Waals surface area contributed by atoms with Gasteiger partial charge in [-0.15, -0.1) is 0 Å². The maximum absolute atomic E-state index is 13.1. The Morgan fingerprint density at radius 3 is 2.14 bits per heavy atom. The Hall–Kier alpha value is -3.70. The van der Waals surface area contributed by atoms with E-state index in [-0.39, 0.29) is 49.3 Å². The molecule has 188 valence electrons. The van der Waals surface area contributed by atoms with E-state index in [2.05, 4.69) is 5.32 Å². The summed E-state index contributed by atoms with van der Waals surface area (Å²) in [7, 11) is 0. The van der Waals surface area contributed by atoms with Gasteiger partial charge in [0.15, 0.2) is 0 Å². The SMILES string of the molecule is CC(C)[C@H](NC(=O)c1ccc(F)cc1)C(=O)N1CCN(c2ccc(C(F)(F)F)cc2[N+](=O)[O-])CC1. The summed E-state index contributed by atoms with van der Waals surface area (Å²) < 4.78 is 52.1. The first-order chi connectivity index (χ1) is 16.4. The number of rotatable bonds is 6. The van der Waals surface area contributed by atoms with Gasteiger partial charge in [0, 0.05) is 37.8 Å². The molecule has 0 aliphatic carbocycles. The number of carbonyl (C=O) groups excluding carboxylic acids is 2. The number of benzene rings is 2. The number of anilines is 1. The Morgan fingerprint density at radius 2 is 1.63 bits per heavy atom. The minimum Gasteiger partial charge on any atom is -0.362 e. The predicted molar refractivity (Wildman–Crippen MR) is 119 cm³/mol. The molecular weight excluding hydrogens is 472 g/mol. The maximum atomic E-state index is 13.1. The molecule has 1 aliphatic heterocycles. The number of amides is 2. The molecule has 8 nitrogen and oxygen atoms in total. The summed E-state index contributed by atoms with van der Waals surface area (Å²) in [4.78, 5) is 39.3. The summed E-state index contributed by atoms with van der Waals surface area (Å²) in [6.07, 6.45) is -4.71. The number of alkyl halides is 3. The Bertz CT molecular complexity index is 1100. The molecule has 1 aliphatic rings. The first kappa shape index (κ1) is 25.9. The minimum atomic E-state index is -4.71. The molecular formula is C23H24F4N4O4. The van der Waals surface area contributed by atoms with Crippen molar-refractivity contribution in [2.45, 2.75) is 26.1 Å². The number of nitrogens with one attached hydrogen (secondary N) is 1. The highest BCUT2D eigenvalue weighted by Crippen LogP contribution is 2.36. The zero-order valence-electron chi connectivity index (χ0n) is 19.0. The number of hydrogen-bond donors (Lipinski definition) is 1. The Labute approximate surface area is 198 Å². The summed E-state index contributed by atoms with van der Waals surface area (Å²) in [6.45, 7) is 4.16. The van der Waals surface area contributed by atoms with Crippen molar-refractivity contribution in [2.75, 3.05) is 31.1 Å². The van der Waals surface area contributed by atoms with Crippen molar-refractivity contribution in [3.63, 3.8) is 0 Å². The van der Waals surface area contributed by atoms with E-state index in [1.807, 2.05) is 0 Å². The fourth-order valence-corrected chi connectivity index (χ4v) is 3.82. The van der Waals surface area contributed by atoms with Crippen molar-refractivity contribution < 1.29 is 32.1 Å². The van der Waals surface area contributed by atoms with Crippen LogP contribution in [0.15, 0.2) is 42.5 Å². The minimum absolute atomic E-state index is 0.0418. The molecule has 12 heteroatoms. The average Bonchev–Trinajstić information content (AvgIpc) is 2.81. The van der Waals surface area contributed by atoms with Crippen molar-refractivity contribution >= 4 is 23.2 Å². The van der Waals surface area contributed by atoms with Gasteiger partial charge >= 0.3 is 6.18 Å². The fraction of sp³-hybridized carbons (Fsp3) is 0.391. The predicted octanol–water partition coefficient (Wildman–Crippen LogP) is 3.86. The molecule has 35 heavy (non-hydrogen) atoms. The van der Waals surface area contributed by atoms with Crippen molar-refractivity contribution in [2.24, 2.45) is 5.92 Å². The van der Waals surface area contributed by atoms with Crippen molar-refractivity contribution in [3.8, 4) is 0 Å². The van der Waals surface area contributed by atoms with E-state index in [1.54, 1.807) is 18.7 Å². The van der Waals surface area contributed by atoms with Crippen molar-refractivity contribution in [1.29, 1.82) is 0 Å². The third kappa shape index (κ3) is 6.06. The topological polar surface area (TPSA) is 95.8 Å². The van der Waals surface area contributed by atoms with E-state index < -0.39 is 40.1 Å². The van der Waals surface area contributed by atoms with Crippen LogP contribution in [0.3, 0.4) is 0 Å². The molecule has 1 fully saturated rings. The second-order valence-electron chi connectivity index (χ2n) is 8.47. The number of nitro benzene ring substituents is 1. The van der Waals surface area contributed by atoms with Crippen molar-refractivity contribution in [1.82, 2.24) is 10.2 Å². The van der Waals surface area contributed by atoms with Gasteiger partial charge in [0.25, 0.3) is 11.6 Å². The largest absolute Gasteiger partial charge is 0.416 e. The van der Waals surface area contributed by atoms with Gasteiger partial charge in [0.2, 0.25) is 5.91 Å². The van der Waals surface area contributed by atoms with Gasteiger partial charge in [-0.1, -0.05) is 13.8 Å². The number of piperazine rings is 1. The van der Waals surface area contributed by atoms with Crippen LogP contribution in [0.4, 0.5) is 28.9 Å². The van der Waals surface area contributed by atoms with E-state index in [4.69, 9.17) is 0 Å². The van der Waals surface area contributed by atoms with E-state index in [1.165, 1.54) is 17.0 Å². The lowest BCUT2D eigenvalue weighted by molar-refractivity contribution is -0.384. The van der Waals surface area contributed by atoms with Gasteiger partial charge in [-0.3, -0.25) is 19.7 Å². The maximum Gasteiger partial charge on any atom is 0.416 e. The molecule has 0 radical (unpaired) electrons. The van der Waals surface area contributed by atoms with Gasteiger partial charge < -0.3 is 15.1 Å². The van der Waals surface area contributed by atoms with Crippen LogP contribution in [0.1, 0.15) is 29.8 Å². The molecule has 0 spiro atoms. The summed E-state index contributed by atoms with van der Waals surface area (Å²) in [5.74, 6) is -1.64. The normalized spacial score (nSPS) is 15.2. The van der Waals surface area contributed by atoms with E-state index in [0.717, 1.165) is 24.3 Å². The Morgan fingerprint density at radius 1 is 1.03 bits per heavy atom. The summed E-state index contributed by atoms with van der Waals surface area (Å²) in [5.41, 5.74) is -1.53. The standard InChI is InChI=1S/C23H24F4N4O4/c1-14(2)20(28-21(32)15-3-6-17(24)7-4-15)22(33)30-11-9-29(10-12-30)18-8-5-16(23(25,26)27)13-19(18)31(34)35/h3-8,13-14,20H,9-12H2,1-2H3,(H,28,32)/t20-/m0/s1. The van der Waals surface area contributed by atoms with Crippen LogP contribution in [0.2, 0.25) is 0 Å². The summed E-state index contributed by atoms with van der Waals surface area (Å²) in [6, 6.07) is 6.40. The van der Waals surface area contributed by atoms with Gasteiger partial charge in [0.05, 0.1) is 10.5 Å². The quantitative estimate of drug-likeness (QED) is 0.372. The average molecular weight is 496 g/mol. The molecule has 2 amide bonds. The highest BCUT2D eigenvalue weighted by molar-refractivity contribution is 5.97. The molecule has 1 atom stereocenters. The zero-order chi connectivity index (χ0) is 25.9. The highest BCUT2D eigenvalue weighted by Gasteiger charge is 2.35. The molecule has 1 heterocycles. The monoisotopic (exact) mass is 496 g/mol. The van der Waals surface area contributed by atoms with Gasteiger partial charge in [-0.25, -0.2) is 4.39 Å². The van der Waals surface area contributed by atoms with E-state index in [0.29, 0.717) is 6.07 Å². The first-order valence-electron chi connectivity index (χ1n) is 10.8. The smallest absolute Gasteiger partial charge is 0.362 e. The van der Waals surface area contributed by atoms with Crippen LogP contribution < -0.4 is 10.2 Å². The molecule has 2 aromatic carbocycles. The molecule has 0 saturated carbocycles. The molecule has 0 unspecified atom stereocenters. The third-order valence-corrected chi connectivity index (χ3v) is 5.76. The van der Waals surface area contributed by atoms with Gasteiger partial charge in [0.1, 0.15) is 17.5 Å². The number of nitrogens with zero attached hydrogens (tertiary/aromatic N) is 3. The van der Waals surface area contributed by atoms with Gasteiger partial charge in [-0.05, 0) is 42.3 Å². The van der Waals surface area contributed by atoms with E-state index >= 15 is 0 Å². The lowest BCUT2D eigenvalue weighted by Crippen LogP contribution is -2.56. The molecule has 0 aromatic heterocycles. The van der Waals surface area contributed by atoms with E-state index in [9.17, 15) is 37.3 Å². The highest BCUT2D eigenvalue weighted by atomic mass is 19.4. The van der Waals surface area contributed by atoms with Crippen molar-refractivity contribution in [3.05, 3.63) is 69.5 Å². The molecule has 0 bridgehead atoms. The van der Waals surface area contributed by atoms with Crippen LogP contribution in [-0.2, 0) is 11.0 Å². The number of nitro groups is 1. The van der Waals surface area contributed by atoms with Crippen LogP contribution >= 0.6 is 0 Å². The lowest BCUT2D eigenvalue weighted by Gasteiger charge is -2.38. The number of halogens is 4. The lowest BCUT2D eigenvalue weighted by atomic mass is 10.0. The summed E-state index contributed by atoms with van der Waals surface area (Å²) >= 11 is 0. The molecule has 3 rings (SSSR count). The van der Waals surface area contributed by atoms with Crippen LogP contribution in [0.25, 0.3) is 0 Å². The second kappa shape index (κ2) is 10.3. The zero-order valence-corrected chi connectivity index (χ0v) is 19.0. The number of carbonyl (C=O) groups is 2. The van der Waals surface area contributed by atoms with Crippen LogP contribution in [0.5, 0.6) is 0 Å². The Balaban J connectivity index is 1.70.